The maximum atomic E-state index is 12.4. The zero-order valence-electron chi connectivity index (χ0n) is 14.7. The summed E-state index contributed by atoms with van der Waals surface area (Å²) in [5.74, 6) is -0.151. The quantitative estimate of drug-likeness (QED) is 0.833. The smallest absolute Gasteiger partial charge is 0.239 e. The second kappa shape index (κ2) is 6.51. The zero-order valence-corrected chi connectivity index (χ0v) is 14.7. The summed E-state index contributed by atoms with van der Waals surface area (Å²) in [7, 11) is 0. The van der Waals surface area contributed by atoms with E-state index in [9.17, 15) is 9.59 Å². The summed E-state index contributed by atoms with van der Waals surface area (Å²) >= 11 is 0. The highest BCUT2D eigenvalue weighted by Gasteiger charge is 2.37. The van der Waals surface area contributed by atoms with Crippen molar-refractivity contribution in [1.82, 2.24) is 5.32 Å². The number of hydrogen-bond donors (Lipinski definition) is 2. The Balaban J connectivity index is 2.80. The molecular formula is C18H28N2O2. The summed E-state index contributed by atoms with van der Waals surface area (Å²) in [5.41, 5.74) is 0.408. The molecule has 2 amide bonds. The zero-order chi connectivity index (χ0) is 17.1. The lowest BCUT2D eigenvalue weighted by Crippen LogP contribution is -2.51. The molecule has 22 heavy (non-hydrogen) atoms. The first-order chi connectivity index (χ1) is 9.93. The van der Waals surface area contributed by atoms with E-state index >= 15 is 0 Å². The Morgan fingerprint density at radius 1 is 0.909 bits per heavy atom. The van der Waals surface area contributed by atoms with Crippen molar-refractivity contribution in [1.29, 1.82) is 0 Å². The molecule has 1 rings (SSSR count). The summed E-state index contributed by atoms with van der Waals surface area (Å²) in [6, 6.07) is 7.71. The number of carbonyl (C=O) groups is 2. The molecule has 0 heterocycles. The number of carbonyl (C=O) groups excluding carboxylic acids is 2. The molecule has 1 aromatic carbocycles. The Morgan fingerprint density at radius 3 is 1.82 bits per heavy atom. The van der Waals surface area contributed by atoms with Gasteiger partial charge in [0.25, 0.3) is 0 Å². The average Bonchev–Trinajstić information content (AvgIpc) is 2.37. The SMILES string of the molecule is CC(C)c1ccc(NC(=O)C(C)(C)C(=O)NC(C)(C)C)cc1. The first-order valence-corrected chi connectivity index (χ1v) is 7.67. The van der Waals surface area contributed by atoms with Gasteiger partial charge in [0, 0.05) is 11.2 Å². The fourth-order valence-corrected chi connectivity index (χ4v) is 1.84. The van der Waals surface area contributed by atoms with Gasteiger partial charge in [0.1, 0.15) is 5.41 Å². The Morgan fingerprint density at radius 2 is 1.41 bits per heavy atom. The number of rotatable bonds is 4. The Kier molecular flexibility index (Phi) is 5.39. The van der Waals surface area contributed by atoms with Gasteiger partial charge in [0.15, 0.2) is 0 Å². The van der Waals surface area contributed by atoms with Gasteiger partial charge in [-0.15, -0.1) is 0 Å². The van der Waals surface area contributed by atoms with Crippen molar-refractivity contribution in [2.45, 2.75) is 59.9 Å². The second-order valence-corrected chi connectivity index (χ2v) is 7.56. The highest BCUT2D eigenvalue weighted by molar-refractivity contribution is 6.10. The molecular weight excluding hydrogens is 276 g/mol. The normalized spacial score (nSPS) is 12.2. The first-order valence-electron chi connectivity index (χ1n) is 7.67. The summed E-state index contributed by atoms with van der Waals surface area (Å²) in [4.78, 5) is 24.7. The molecule has 0 aromatic heterocycles. The van der Waals surface area contributed by atoms with E-state index in [2.05, 4.69) is 24.5 Å². The second-order valence-electron chi connectivity index (χ2n) is 7.56. The molecule has 0 aliphatic rings. The van der Waals surface area contributed by atoms with Crippen molar-refractivity contribution < 1.29 is 9.59 Å². The molecule has 0 atom stereocenters. The van der Waals surface area contributed by atoms with Crippen molar-refractivity contribution in [2.24, 2.45) is 5.41 Å². The summed E-state index contributed by atoms with van der Waals surface area (Å²) in [6.07, 6.45) is 0. The van der Waals surface area contributed by atoms with E-state index in [0.717, 1.165) is 0 Å². The maximum absolute atomic E-state index is 12.4. The molecule has 0 aliphatic heterocycles. The van der Waals surface area contributed by atoms with Crippen molar-refractivity contribution in [2.75, 3.05) is 5.32 Å². The maximum Gasteiger partial charge on any atom is 0.239 e. The van der Waals surface area contributed by atoms with Crippen LogP contribution < -0.4 is 10.6 Å². The number of amides is 2. The molecule has 2 N–H and O–H groups in total. The molecule has 0 saturated heterocycles. The third-order valence-electron chi connectivity index (χ3n) is 3.46. The van der Waals surface area contributed by atoms with E-state index in [-0.39, 0.29) is 17.4 Å². The van der Waals surface area contributed by atoms with Gasteiger partial charge in [-0.1, -0.05) is 26.0 Å². The first kappa shape index (κ1) is 18.2. The van der Waals surface area contributed by atoms with Gasteiger partial charge >= 0.3 is 0 Å². The van der Waals surface area contributed by atoms with E-state index in [1.165, 1.54) is 5.56 Å². The fraction of sp³-hybridized carbons (Fsp3) is 0.556. The molecule has 0 fully saturated rings. The largest absolute Gasteiger partial charge is 0.351 e. The minimum atomic E-state index is -1.13. The van der Waals surface area contributed by atoms with Crippen molar-refractivity contribution in [3.05, 3.63) is 29.8 Å². The summed E-state index contributed by atoms with van der Waals surface area (Å²) in [5, 5.41) is 5.67. The lowest BCUT2D eigenvalue weighted by atomic mass is 9.89. The van der Waals surface area contributed by atoms with Gasteiger partial charge in [-0.3, -0.25) is 9.59 Å². The molecule has 0 bridgehead atoms. The Bertz CT molecular complexity index is 537. The van der Waals surface area contributed by atoms with Gasteiger partial charge in [0.05, 0.1) is 0 Å². The molecule has 0 saturated carbocycles. The Labute approximate surface area is 133 Å². The van der Waals surface area contributed by atoms with Gasteiger partial charge in [0.2, 0.25) is 11.8 Å². The van der Waals surface area contributed by atoms with Crippen LogP contribution in [-0.2, 0) is 9.59 Å². The topological polar surface area (TPSA) is 58.2 Å². The molecule has 0 spiro atoms. The molecule has 122 valence electrons. The van der Waals surface area contributed by atoms with Crippen LogP contribution in [0.3, 0.4) is 0 Å². The van der Waals surface area contributed by atoms with Crippen molar-refractivity contribution in [3.63, 3.8) is 0 Å². The summed E-state index contributed by atoms with van der Waals surface area (Å²) in [6.45, 7) is 13.2. The lowest BCUT2D eigenvalue weighted by molar-refractivity contribution is -0.139. The van der Waals surface area contributed by atoms with Gasteiger partial charge in [-0.2, -0.15) is 0 Å². The molecule has 4 heteroatoms. The summed E-state index contributed by atoms with van der Waals surface area (Å²) < 4.78 is 0. The number of nitrogens with one attached hydrogen (secondary N) is 2. The van der Waals surface area contributed by atoms with E-state index in [1.54, 1.807) is 13.8 Å². The van der Waals surface area contributed by atoms with Crippen LogP contribution in [0.4, 0.5) is 5.69 Å². The lowest BCUT2D eigenvalue weighted by Gasteiger charge is -2.28. The third-order valence-corrected chi connectivity index (χ3v) is 3.46. The minimum absolute atomic E-state index is 0.281. The van der Waals surface area contributed by atoms with Crippen LogP contribution >= 0.6 is 0 Å². The Hall–Kier alpha value is -1.84. The van der Waals surface area contributed by atoms with E-state index in [4.69, 9.17) is 0 Å². The third kappa shape index (κ3) is 4.86. The highest BCUT2D eigenvalue weighted by atomic mass is 16.2. The highest BCUT2D eigenvalue weighted by Crippen LogP contribution is 2.22. The van der Waals surface area contributed by atoms with Crippen LogP contribution in [0.5, 0.6) is 0 Å². The number of hydrogen-bond acceptors (Lipinski definition) is 2. The number of anilines is 1. The monoisotopic (exact) mass is 304 g/mol. The predicted octanol–water partition coefficient (Wildman–Crippen LogP) is 3.69. The van der Waals surface area contributed by atoms with Crippen LogP contribution in [0.25, 0.3) is 0 Å². The molecule has 4 nitrogen and oxygen atoms in total. The molecule has 0 radical (unpaired) electrons. The predicted molar refractivity (Wildman–Crippen MR) is 90.8 cm³/mol. The van der Waals surface area contributed by atoms with E-state index in [1.807, 2.05) is 45.0 Å². The van der Waals surface area contributed by atoms with Crippen LogP contribution in [0.15, 0.2) is 24.3 Å². The van der Waals surface area contributed by atoms with Crippen molar-refractivity contribution in [3.8, 4) is 0 Å². The average molecular weight is 304 g/mol. The van der Waals surface area contributed by atoms with E-state index < -0.39 is 5.41 Å². The molecule has 1 aromatic rings. The van der Waals surface area contributed by atoms with Gasteiger partial charge in [-0.05, 0) is 58.2 Å². The molecule has 0 aliphatic carbocycles. The fourth-order valence-electron chi connectivity index (χ4n) is 1.84. The standard InChI is InChI=1S/C18H28N2O2/c1-12(2)13-8-10-14(11-9-13)19-15(21)18(6,7)16(22)20-17(3,4)5/h8-12H,1-7H3,(H,19,21)(H,20,22). The van der Waals surface area contributed by atoms with Gasteiger partial charge < -0.3 is 10.6 Å². The van der Waals surface area contributed by atoms with Gasteiger partial charge in [-0.25, -0.2) is 0 Å². The minimum Gasteiger partial charge on any atom is -0.351 e. The molecule has 0 unspecified atom stereocenters. The van der Waals surface area contributed by atoms with Crippen LogP contribution in [0.1, 0.15) is 59.9 Å². The van der Waals surface area contributed by atoms with Crippen LogP contribution in [-0.4, -0.2) is 17.4 Å². The van der Waals surface area contributed by atoms with E-state index in [0.29, 0.717) is 11.6 Å². The van der Waals surface area contributed by atoms with Crippen molar-refractivity contribution >= 4 is 17.5 Å². The number of benzene rings is 1. The van der Waals surface area contributed by atoms with Crippen LogP contribution in [0, 0.1) is 5.41 Å². The van der Waals surface area contributed by atoms with Crippen LogP contribution in [0.2, 0.25) is 0 Å².